The molecule has 2 aliphatic carbocycles. The molecule has 59 heavy (non-hydrogen) atoms. The Kier molecular flexibility index (Phi) is 7.95. The summed E-state index contributed by atoms with van der Waals surface area (Å²) in [6, 6.07) is 43.0. The fourth-order valence-electron chi connectivity index (χ4n) is 12.4. The topological polar surface area (TPSA) is 6.48 Å². The van der Waals surface area contributed by atoms with Gasteiger partial charge in [0, 0.05) is 34.1 Å². The second-order valence-electron chi connectivity index (χ2n) is 22.3. The van der Waals surface area contributed by atoms with Crippen molar-refractivity contribution in [1.29, 1.82) is 0 Å². The third-order valence-electron chi connectivity index (χ3n) is 14.7. The van der Waals surface area contributed by atoms with E-state index in [-0.39, 0.29) is 33.8 Å². The van der Waals surface area contributed by atoms with Crippen LogP contribution in [-0.2, 0) is 27.1 Å². The van der Waals surface area contributed by atoms with E-state index in [1.54, 1.807) is 0 Å². The lowest BCUT2D eigenvalue weighted by Crippen LogP contribution is -2.61. The first-order valence-electron chi connectivity index (χ1n) is 22.1. The summed E-state index contributed by atoms with van der Waals surface area (Å²) < 4.78 is 0. The highest BCUT2D eigenvalue weighted by molar-refractivity contribution is 7.00. The third kappa shape index (κ3) is 5.66. The number of fused-ring (bicyclic) bond motifs is 6. The maximum Gasteiger partial charge on any atom is 0.252 e. The Hall–Kier alpha value is -5.02. The number of hydrogen-bond acceptors (Lipinski definition) is 2. The highest BCUT2D eigenvalue weighted by Crippen LogP contribution is 2.55. The molecule has 0 unspecified atom stereocenters. The summed E-state index contributed by atoms with van der Waals surface area (Å²) in [6.45, 7) is 31.3. The van der Waals surface area contributed by atoms with E-state index in [4.69, 9.17) is 0 Å². The molecule has 3 heteroatoms. The summed E-state index contributed by atoms with van der Waals surface area (Å²) in [5.41, 5.74) is 24.7. The number of rotatable bonds is 3. The van der Waals surface area contributed by atoms with Gasteiger partial charge in [-0.15, -0.1) is 0 Å². The monoisotopic (exact) mass is 772 g/mol. The van der Waals surface area contributed by atoms with Crippen molar-refractivity contribution < 1.29 is 0 Å². The quantitative estimate of drug-likeness (QED) is 0.165. The van der Waals surface area contributed by atoms with Gasteiger partial charge in [0.25, 0.3) is 6.71 Å². The van der Waals surface area contributed by atoms with Crippen LogP contribution >= 0.6 is 0 Å². The summed E-state index contributed by atoms with van der Waals surface area (Å²) in [5.74, 6) is 0. The number of nitrogens with zero attached hydrogens (tertiary/aromatic N) is 2. The minimum absolute atomic E-state index is 0.00212. The van der Waals surface area contributed by atoms with Gasteiger partial charge in [0.05, 0.1) is 0 Å². The van der Waals surface area contributed by atoms with Crippen LogP contribution in [0.1, 0.15) is 128 Å². The third-order valence-corrected chi connectivity index (χ3v) is 14.7. The largest absolute Gasteiger partial charge is 0.311 e. The molecule has 0 amide bonds. The van der Waals surface area contributed by atoms with Gasteiger partial charge in [0.15, 0.2) is 0 Å². The van der Waals surface area contributed by atoms with E-state index in [9.17, 15) is 0 Å². The van der Waals surface area contributed by atoms with Gasteiger partial charge in [-0.2, -0.15) is 0 Å². The smallest absolute Gasteiger partial charge is 0.252 e. The Morgan fingerprint density at radius 2 is 1.07 bits per heavy atom. The molecule has 4 aliphatic rings. The minimum atomic E-state index is -0.00212. The van der Waals surface area contributed by atoms with E-state index in [1.807, 2.05) is 0 Å². The van der Waals surface area contributed by atoms with Crippen LogP contribution in [0.25, 0.3) is 11.1 Å². The molecular formula is C56H61BN2. The molecule has 0 radical (unpaired) electrons. The molecule has 10 rings (SSSR count). The summed E-state index contributed by atoms with van der Waals surface area (Å²) in [6.07, 6.45) is 2.29. The first-order chi connectivity index (χ1) is 27.7. The van der Waals surface area contributed by atoms with Crippen molar-refractivity contribution in [3.63, 3.8) is 0 Å². The van der Waals surface area contributed by atoms with Crippen molar-refractivity contribution in [2.24, 2.45) is 0 Å². The summed E-state index contributed by atoms with van der Waals surface area (Å²) in [5, 5.41) is 0. The lowest BCUT2D eigenvalue weighted by atomic mass is 9.33. The molecule has 0 saturated carbocycles. The van der Waals surface area contributed by atoms with E-state index < -0.39 is 0 Å². The number of anilines is 6. The molecule has 0 bridgehead atoms. The van der Waals surface area contributed by atoms with Crippen LogP contribution in [-0.4, -0.2) is 6.71 Å². The van der Waals surface area contributed by atoms with Crippen molar-refractivity contribution in [2.75, 3.05) is 9.80 Å². The molecule has 2 aliphatic heterocycles. The SMILES string of the molecule is Cc1cc2c3c(c1)N(c1cc(-c4ccccc4)ccc1C)c1ccc(C(C)(C)C)cc1B3c1cc3c(cc1N2c1ccc2c(c1)C(C)(C)CC2(C)C)C(C)(C)CC3(C)C. The van der Waals surface area contributed by atoms with Gasteiger partial charge in [-0.1, -0.05) is 143 Å². The first-order valence-corrected chi connectivity index (χ1v) is 22.1. The van der Waals surface area contributed by atoms with E-state index in [0.717, 1.165) is 12.8 Å². The zero-order valence-electron chi connectivity index (χ0n) is 37.8. The molecule has 6 aromatic rings. The van der Waals surface area contributed by atoms with Gasteiger partial charge in [-0.05, 0) is 163 Å². The molecule has 0 saturated heterocycles. The molecule has 2 nitrogen and oxygen atoms in total. The van der Waals surface area contributed by atoms with Gasteiger partial charge in [0.2, 0.25) is 0 Å². The van der Waals surface area contributed by atoms with Crippen LogP contribution < -0.4 is 26.2 Å². The lowest BCUT2D eigenvalue weighted by molar-refractivity contribution is 0.403. The Morgan fingerprint density at radius 1 is 0.475 bits per heavy atom. The fraction of sp³-hybridized carbons (Fsp3) is 0.357. The predicted octanol–water partition coefficient (Wildman–Crippen LogP) is 13.3. The molecule has 298 valence electrons. The maximum atomic E-state index is 2.67. The van der Waals surface area contributed by atoms with E-state index in [1.165, 1.54) is 101 Å². The lowest BCUT2D eigenvalue weighted by Gasteiger charge is -2.45. The van der Waals surface area contributed by atoms with E-state index in [2.05, 4.69) is 209 Å². The number of benzene rings is 6. The van der Waals surface area contributed by atoms with E-state index in [0.29, 0.717) is 0 Å². The molecule has 0 fully saturated rings. The highest BCUT2D eigenvalue weighted by Gasteiger charge is 2.49. The molecule has 6 aromatic carbocycles. The van der Waals surface area contributed by atoms with Crippen LogP contribution in [0, 0.1) is 13.8 Å². The van der Waals surface area contributed by atoms with Crippen LogP contribution in [0.15, 0.2) is 109 Å². The molecule has 2 heterocycles. The Labute approximate surface area is 354 Å². The molecule has 0 aromatic heterocycles. The molecule has 0 atom stereocenters. The Balaban J connectivity index is 1.32. The van der Waals surface area contributed by atoms with Crippen LogP contribution in [0.5, 0.6) is 0 Å². The van der Waals surface area contributed by atoms with Gasteiger partial charge >= 0.3 is 0 Å². The molecule has 0 N–H and O–H groups in total. The normalized spacial score (nSPS) is 18.6. The van der Waals surface area contributed by atoms with Gasteiger partial charge in [0.1, 0.15) is 0 Å². The summed E-state index contributed by atoms with van der Waals surface area (Å²) in [7, 11) is 0. The fourth-order valence-corrected chi connectivity index (χ4v) is 12.4. The zero-order chi connectivity index (χ0) is 41.8. The number of hydrogen-bond donors (Lipinski definition) is 0. The molecular weight excluding hydrogens is 711 g/mol. The average Bonchev–Trinajstić information content (AvgIpc) is 3.47. The summed E-state index contributed by atoms with van der Waals surface area (Å²) in [4.78, 5) is 5.29. The standard InChI is InChI=1S/C56H61BN2/c1-34-25-49-51-50(26-34)59(47-27-37(20-19-35(47)2)36-17-15-14-16-18-36)46-24-21-38(52(3,4)5)28-44(46)57(51)45-30-42-43(56(12,13)33-55(42,10)11)31-48(45)58(49)39-22-23-40-41(29-39)54(8,9)32-53(40,6)7/h14-31H,32-33H2,1-13H3. The summed E-state index contributed by atoms with van der Waals surface area (Å²) >= 11 is 0. The maximum absolute atomic E-state index is 2.67. The van der Waals surface area contributed by atoms with Crippen molar-refractivity contribution in [1.82, 2.24) is 0 Å². The van der Waals surface area contributed by atoms with Gasteiger partial charge in [-0.3, -0.25) is 0 Å². The van der Waals surface area contributed by atoms with Crippen molar-refractivity contribution in [2.45, 2.75) is 130 Å². The average molecular weight is 773 g/mol. The Morgan fingerprint density at radius 3 is 1.73 bits per heavy atom. The van der Waals surface area contributed by atoms with Crippen LogP contribution in [0.3, 0.4) is 0 Å². The first kappa shape index (κ1) is 38.2. The van der Waals surface area contributed by atoms with Crippen molar-refractivity contribution in [3.8, 4) is 11.1 Å². The van der Waals surface area contributed by atoms with Gasteiger partial charge < -0.3 is 9.80 Å². The number of aryl methyl sites for hydroxylation is 2. The second kappa shape index (κ2) is 12.3. The highest BCUT2D eigenvalue weighted by atomic mass is 15.2. The Bertz CT molecular complexity index is 2740. The van der Waals surface area contributed by atoms with Crippen LogP contribution in [0.4, 0.5) is 34.1 Å². The minimum Gasteiger partial charge on any atom is -0.311 e. The predicted molar refractivity (Wildman–Crippen MR) is 255 cm³/mol. The van der Waals surface area contributed by atoms with Crippen molar-refractivity contribution >= 4 is 57.2 Å². The second-order valence-corrected chi connectivity index (χ2v) is 22.3. The van der Waals surface area contributed by atoms with E-state index >= 15 is 0 Å². The molecule has 0 spiro atoms. The van der Waals surface area contributed by atoms with Crippen LogP contribution in [0.2, 0.25) is 0 Å². The van der Waals surface area contributed by atoms with Gasteiger partial charge in [-0.25, -0.2) is 0 Å². The zero-order valence-corrected chi connectivity index (χ0v) is 37.8. The van der Waals surface area contributed by atoms with Crippen molar-refractivity contribution in [3.05, 3.63) is 148 Å².